The van der Waals surface area contributed by atoms with Crippen molar-refractivity contribution in [2.75, 3.05) is 10.2 Å². The lowest BCUT2D eigenvalue weighted by Crippen LogP contribution is -2.36. The summed E-state index contributed by atoms with van der Waals surface area (Å²) in [6.07, 6.45) is 2.14. The zero-order chi connectivity index (χ0) is 18.8. The molecular formula is C20H17ClN4O2. The first-order valence-electron chi connectivity index (χ1n) is 8.58. The lowest BCUT2D eigenvalue weighted by atomic mass is 10.1. The van der Waals surface area contributed by atoms with Gasteiger partial charge in [0.15, 0.2) is 0 Å². The van der Waals surface area contributed by atoms with E-state index in [2.05, 4.69) is 10.4 Å². The Morgan fingerprint density at radius 2 is 1.96 bits per heavy atom. The molecule has 0 bridgehead atoms. The summed E-state index contributed by atoms with van der Waals surface area (Å²) in [4.78, 5) is 26.4. The third kappa shape index (κ3) is 3.71. The van der Waals surface area contributed by atoms with Crippen LogP contribution in [0.15, 0.2) is 60.8 Å². The van der Waals surface area contributed by atoms with Crippen molar-refractivity contribution in [3.8, 4) is 0 Å². The molecule has 0 spiro atoms. The number of carbonyl (C=O) groups excluding carboxylic acids is 2. The Labute approximate surface area is 161 Å². The van der Waals surface area contributed by atoms with Crippen molar-refractivity contribution in [2.45, 2.75) is 19.5 Å². The molecule has 0 radical (unpaired) electrons. The number of anilines is 2. The number of rotatable bonds is 4. The Bertz CT molecular complexity index is 997. The minimum Gasteiger partial charge on any atom is -0.322 e. The van der Waals surface area contributed by atoms with Gasteiger partial charge < -0.3 is 5.32 Å². The van der Waals surface area contributed by atoms with Crippen LogP contribution in [0.5, 0.6) is 0 Å². The molecule has 136 valence electrons. The predicted octanol–water partition coefficient (Wildman–Crippen LogP) is 3.73. The molecule has 1 aromatic heterocycles. The number of amides is 2. The fourth-order valence-electron chi connectivity index (χ4n) is 3.07. The van der Waals surface area contributed by atoms with Crippen LogP contribution >= 0.6 is 11.6 Å². The van der Waals surface area contributed by atoms with E-state index in [9.17, 15) is 9.59 Å². The Morgan fingerprint density at radius 1 is 1.15 bits per heavy atom. The van der Waals surface area contributed by atoms with Crippen molar-refractivity contribution in [1.82, 2.24) is 9.78 Å². The fourth-order valence-corrected chi connectivity index (χ4v) is 3.26. The van der Waals surface area contributed by atoms with E-state index in [0.29, 0.717) is 35.8 Å². The second-order valence-corrected chi connectivity index (χ2v) is 6.74. The van der Waals surface area contributed by atoms with Gasteiger partial charge in [-0.25, -0.2) is 4.68 Å². The van der Waals surface area contributed by atoms with Crippen LogP contribution in [0.4, 0.5) is 11.5 Å². The highest BCUT2D eigenvalue weighted by Crippen LogP contribution is 2.23. The first kappa shape index (κ1) is 17.3. The highest BCUT2D eigenvalue weighted by Gasteiger charge is 2.24. The van der Waals surface area contributed by atoms with Gasteiger partial charge in [-0.1, -0.05) is 29.8 Å². The van der Waals surface area contributed by atoms with E-state index < -0.39 is 0 Å². The number of aromatic nitrogens is 2. The molecule has 0 fully saturated rings. The standard InChI is InChI=1S/C20H17ClN4O2/c21-16-2-1-3-17(12-16)23-20(27)15-6-4-14(5-7-15)13-24-18-8-10-22-25(18)11-9-19(24)26/h1-8,10,12H,9,11,13H2,(H,23,27). The second kappa shape index (κ2) is 7.25. The number of nitrogens with one attached hydrogen (secondary N) is 1. The maximum absolute atomic E-state index is 12.4. The van der Waals surface area contributed by atoms with Crippen molar-refractivity contribution in [3.63, 3.8) is 0 Å². The van der Waals surface area contributed by atoms with E-state index in [-0.39, 0.29) is 11.8 Å². The molecule has 0 unspecified atom stereocenters. The monoisotopic (exact) mass is 380 g/mol. The van der Waals surface area contributed by atoms with Crippen LogP contribution in [0, 0.1) is 0 Å². The minimum absolute atomic E-state index is 0.0748. The number of fused-ring (bicyclic) bond motifs is 1. The van der Waals surface area contributed by atoms with E-state index >= 15 is 0 Å². The normalized spacial score (nSPS) is 13.4. The van der Waals surface area contributed by atoms with Gasteiger partial charge >= 0.3 is 0 Å². The van der Waals surface area contributed by atoms with E-state index in [4.69, 9.17) is 11.6 Å². The summed E-state index contributed by atoms with van der Waals surface area (Å²) < 4.78 is 1.83. The Hall–Kier alpha value is -3.12. The van der Waals surface area contributed by atoms with Gasteiger partial charge in [0, 0.05) is 28.8 Å². The summed E-state index contributed by atoms with van der Waals surface area (Å²) in [6.45, 7) is 1.06. The first-order chi connectivity index (χ1) is 13.1. The molecule has 0 saturated carbocycles. The molecule has 1 N–H and O–H groups in total. The zero-order valence-electron chi connectivity index (χ0n) is 14.4. The van der Waals surface area contributed by atoms with Crippen molar-refractivity contribution in [3.05, 3.63) is 76.9 Å². The molecule has 3 aromatic rings. The average molecular weight is 381 g/mol. The summed E-state index contributed by atoms with van der Waals surface area (Å²) >= 11 is 5.94. The molecule has 1 aliphatic rings. The quantitative estimate of drug-likeness (QED) is 0.750. The van der Waals surface area contributed by atoms with Gasteiger partial charge in [-0.05, 0) is 35.9 Å². The fraction of sp³-hybridized carbons (Fsp3) is 0.150. The van der Waals surface area contributed by atoms with Crippen LogP contribution in [0.25, 0.3) is 0 Å². The van der Waals surface area contributed by atoms with Gasteiger partial charge in [0.2, 0.25) is 5.91 Å². The molecule has 4 rings (SSSR count). The van der Waals surface area contributed by atoms with Crippen LogP contribution in [-0.2, 0) is 17.9 Å². The van der Waals surface area contributed by atoms with E-state index in [1.54, 1.807) is 47.5 Å². The van der Waals surface area contributed by atoms with E-state index in [0.717, 1.165) is 11.4 Å². The Morgan fingerprint density at radius 3 is 2.74 bits per heavy atom. The summed E-state index contributed by atoms with van der Waals surface area (Å²) in [6, 6.07) is 16.1. The van der Waals surface area contributed by atoms with Gasteiger partial charge in [-0.2, -0.15) is 5.10 Å². The molecule has 0 aliphatic carbocycles. The van der Waals surface area contributed by atoms with Gasteiger partial charge in [-0.3, -0.25) is 14.5 Å². The minimum atomic E-state index is -0.212. The van der Waals surface area contributed by atoms with Crippen LogP contribution < -0.4 is 10.2 Å². The molecule has 1 aliphatic heterocycles. The molecule has 0 atom stereocenters. The third-order valence-electron chi connectivity index (χ3n) is 4.45. The summed E-state index contributed by atoms with van der Waals surface area (Å²) in [5.41, 5.74) is 2.12. The summed E-state index contributed by atoms with van der Waals surface area (Å²) in [7, 11) is 0. The zero-order valence-corrected chi connectivity index (χ0v) is 15.2. The molecule has 6 nitrogen and oxygen atoms in total. The van der Waals surface area contributed by atoms with Crippen LogP contribution in [0.2, 0.25) is 5.02 Å². The van der Waals surface area contributed by atoms with E-state index in [1.165, 1.54) is 0 Å². The molecule has 0 saturated heterocycles. The second-order valence-electron chi connectivity index (χ2n) is 6.30. The lowest BCUT2D eigenvalue weighted by molar-refractivity contribution is -0.119. The highest BCUT2D eigenvalue weighted by atomic mass is 35.5. The molecular weight excluding hydrogens is 364 g/mol. The molecule has 2 amide bonds. The summed E-state index contributed by atoms with van der Waals surface area (Å²) in [5.74, 6) is 0.663. The summed E-state index contributed by atoms with van der Waals surface area (Å²) in [5, 5.41) is 7.61. The molecule has 27 heavy (non-hydrogen) atoms. The van der Waals surface area contributed by atoms with Crippen molar-refractivity contribution < 1.29 is 9.59 Å². The highest BCUT2D eigenvalue weighted by molar-refractivity contribution is 6.31. The predicted molar refractivity (Wildman–Crippen MR) is 104 cm³/mol. The first-order valence-corrected chi connectivity index (χ1v) is 8.96. The largest absolute Gasteiger partial charge is 0.322 e. The topological polar surface area (TPSA) is 67.2 Å². The Balaban J connectivity index is 1.46. The van der Waals surface area contributed by atoms with Crippen molar-refractivity contribution in [2.24, 2.45) is 0 Å². The number of nitrogens with zero attached hydrogens (tertiary/aromatic N) is 3. The lowest BCUT2D eigenvalue weighted by Gasteiger charge is -2.27. The van der Waals surface area contributed by atoms with Crippen LogP contribution in [0.3, 0.4) is 0 Å². The van der Waals surface area contributed by atoms with Crippen molar-refractivity contribution in [1.29, 1.82) is 0 Å². The number of benzene rings is 2. The third-order valence-corrected chi connectivity index (χ3v) is 4.68. The van der Waals surface area contributed by atoms with Crippen LogP contribution in [0.1, 0.15) is 22.3 Å². The maximum Gasteiger partial charge on any atom is 0.255 e. The molecule has 2 heterocycles. The number of halogens is 1. The van der Waals surface area contributed by atoms with Crippen molar-refractivity contribution >= 4 is 34.9 Å². The Kier molecular flexibility index (Phi) is 4.64. The SMILES string of the molecule is O=C(Nc1cccc(Cl)c1)c1ccc(CN2C(=O)CCn3nccc32)cc1. The van der Waals surface area contributed by atoms with E-state index in [1.807, 2.05) is 22.9 Å². The van der Waals surface area contributed by atoms with Gasteiger partial charge in [0.25, 0.3) is 5.91 Å². The van der Waals surface area contributed by atoms with Gasteiger partial charge in [0.1, 0.15) is 5.82 Å². The maximum atomic E-state index is 12.4. The number of hydrogen-bond acceptors (Lipinski definition) is 3. The van der Waals surface area contributed by atoms with Gasteiger partial charge in [-0.15, -0.1) is 0 Å². The average Bonchev–Trinajstić information content (AvgIpc) is 3.13. The smallest absolute Gasteiger partial charge is 0.255 e. The molecule has 2 aromatic carbocycles. The number of hydrogen-bond donors (Lipinski definition) is 1. The number of aryl methyl sites for hydroxylation is 1. The van der Waals surface area contributed by atoms with Gasteiger partial charge in [0.05, 0.1) is 19.3 Å². The molecule has 7 heteroatoms. The van der Waals surface area contributed by atoms with Crippen LogP contribution in [-0.4, -0.2) is 21.6 Å². The number of carbonyl (C=O) groups is 2.